The molecule has 0 bridgehead atoms. The monoisotopic (exact) mass is 335 g/mol. The van der Waals surface area contributed by atoms with Gasteiger partial charge in [-0.25, -0.2) is 4.98 Å². The molecule has 5 heteroatoms. The summed E-state index contributed by atoms with van der Waals surface area (Å²) in [7, 11) is 0. The Morgan fingerprint density at radius 2 is 1.96 bits per heavy atom. The molecule has 120 valence electrons. The Balaban J connectivity index is 1.81. The first-order chi connectivity index (χ1) is 11.7. The summed E-state index contributed by atoms with van der Waals surface area (Å²) in [5.74, 6) is 0.0881. The van der Waals surface area contributed by atoms with Gasteiger partial charge < -0.3 is 5.32 Å². The Kier molecular flexibility index (Phi) is 3.86. The van der Waals surface area contributed by atoms with Crippen molar-refractivity contribution in [3.05, 3.63) is 53.2 Å². The van der Waals surface area contributed by atoms with E-state index >= 15 is 0 Å². The molecule has 0 radical (unpaired) electrons. The molecule has 1 aromatic carbocycles. The van der Waals surface area contributed by atoms with E-state index in [0.717, 1.165) is 40.4 Å². The van der Waals surface area contributed by atoms with Crippen molar-refractivity contribution in [3.63, 3.8) is 0 Å². The Morgan fingerprint density at radius 3 is 2.79 bits per heavy atom. The number of aromatic nitrogens is 2. The molecule has 0 unspecified atom stereocenters. The number of hydrogen-bond donors (Lipinski definition) is 1. The van der Waals surface area contributed by atoms with Crippen LogP contribution in [-0.4, -0.2) is 15.9 Å². The van der Waals surface area contributed by atoms with Gasteiger partial charge in [0, 0.05) is 35.3 Å². The van der Waals surface area contributed by atoms with Crippen LogP contribution in [0.3, 0.4) is 0 Å². The predicted molar refractivity (Wildman–Crippen MR) is 97.1 cm³/mol. The van der Waals surface area contributed by atoms with Gasteiger partial charge in [-0.3, -0.25) is 9.78 Å². The van der Waals surface area contributed by atoms with E-state index in [9.17, 15) is 4.79 Å². The molecule has 0 aliphatic carbocycles. The van der Waals surface area contributed by atoms with E-state index < -0.39 is 0 Å². The van der Waals surface area contributed by atoms with Gasteiger partial charge >= 0.3 is 0 Å². The van der Waals surface area contributed by atoms with Crippen LogP contribution in [0.1, 0.15) is 24.0 Å². The van der Waals surface area contributed by atoms with Crippen LogP contribution in [0.2, 0.25) is 0 Å². The SMILES string of the molecule is Cc1ccc(-c2csc(-c3ccncc3)n2)c2c1CCCC(=O)N2. The summed E-state index contributed by atoms with van der Waals surface area (Å²) in [6.07, 6.45) is 5.94. The van der Waals surface area contributed by atoms with Crippen molar-refractivity contribution in [2.75, 3.05) is 5.32 Å². The Labute approximate surface area is 144 Å². The lowest BCUT2D eigenvalue weighted by Gasteiger charge is -2.14. The highest BCUT2D eigenvalue weighted by Gasteiger charge is 2.20. The number of thiazole rings is 1. The first-order valence-corrected chi connectivity index (χ1v) is 8.89. The maximum Gasteiger partial charge on any atom is 0.224 e. The maximum atomic E-state index is 12.0. The van der Waals surface area contributed by atoms with E-state index in [4.69, 9.17) is 4.98 Å². The zero-order chi connectivity index (χ0) is 16.5. The topological polar surface area (TPSA) is 54.9 Å². The summed E-state index contributed by atoms with van der Waals surface area (Å²) < 4.78 is 0. The lowest BCUT2D eigenvalue weighted by Crippen LogP contribution is -2.10. The number of nitrogens with one attached hydrogen (secondary N) is 1. The van der Waals surface area contributed by atoms with Gasteiger partial charge in [0.1, 0.15) is 5.01 Å². The predicted octanol–water partition coefficient (Wildman–Crippen LogP) is 4.46. The molecule has 24 heavy (non-hydrogen) atoms. The number of anilines is 1. The minimum Gasteiger partial charge on any atom is -0.325 e. The Morgan fingerprint density at radius 1 is 1.12 bits per heavy atom. The zero-order valence-electron chi connectivity index (χ0n) is 13.4. The van der Waals surface area contributed by atoms with Crippen LogP contribution in [-0.2, 0) is 11.2 Å². The van der Waals surface area contributed by atoms with Crippen LogP contribution in [0, 0.1) is 6.92 Å². The molecule has 0 saturated heterocycles. The van der Waals surface area contributed by atoms with Crippen molar-refractivity contribution in [1.82, 2.24) is 9.97 Å². The van der Waals surface area contributed by atoms with Gasteiger partial charge in [-0.1, -0.05) is 12.1 Å². The fraction of sp³-hybridized carbons (Fsp3) is 0.211. The van der Waals surface area contributed by atoms with E-state index in [-0.39, 0.29) is 5.91 Å². The van der Waals surface area contributed by atoms with Gasteiger partial charge in [-0.15, -0.1) is 11.3 Å². The minimum atomic E-state index is 0.0881. The average molecular weight is 335 g/mol. The van der Waals surface area contributed by atoms with Gasteiger partial charge in [0.15, 0.2) is 0 Å². The van der Waals surface area contributed by atoms with Crippen LogP contribution < -0.4 is 5.32 Å². The van der Waals surface area contributed by atoms with Gasteiger partial charge in [0.25, 0.3) is 0 Å². The van der Waals surface area contributed by atoms with Crippen molar-refractivity contribution < 1.29 is 4.79 Å². The fourth-order valence-electron chi connectivity index (χ4n) is 3.08. The average Bonchev–Trinajstić information content (AvgIpc) is 2.99. The van der Waals surface area contributed by atoms with Gasteiger partial charge in [-0.05, 0) is 43.0 Å². The Bertz CT molecular complexity index is 902. The Hall–Kier alpha value is -2.53. The number of nitrogens with zero attached hydrogens (tertiary/aromatic N) is 2. The summed E-state index contributed by atoms with van der Waals surface area (Å²) in [5, 5.41) is 6.11. The molecular weight excluding hydrogens is 318 g/mol. The molecule has 4 nitrogen and oxygen atoms in total. The van der Waals surface area contributed by atoms with E-state index in [1.165, 1.54) is 11.1 Å². The van der Waals surface area contributed by atoms with Gasteiger partial charge in [0.2, 0.25) is 5.91 Å². The number of rotatable bonds is 2. The van der Waals surface area contributed by atoms with Crippen LogP contribution in [0.15, 0.2) is 42.0 Å². The third kappa shape index (κ3) is 2.71. The second-order valence-corrected chi connectivity index (χ2v) is 6.82. The number of pyridine rings is 1. The first kappa shape index (κ1) is 15.0. The molecule has 0 fully saturated rings. The van der Waals surface area contributed by atoms with E-state index in [0.29, 0.717) is 6.42 Å². The van der Waals surface area contributed by atoms with Crippen LogP contribution in [0.25, 0.3) is 21.8 Å². The summed E-state index contributed by atoms with van der Waals surface area (Å²) in [4.78, 5) is 20.9. The molecule has 0 saturated carbocycles. The second-order valence-electron chi connectivity index (χ2n) is 5.96. The molecule has 1 aliphatic heterocycles. The zero-order valence-corrected chi connectivity index (χ0v) is 14.2. The number of aryl methyl sites for hydroxylation is 1. The largest absolute Gasteiger partial charge is 0.325 e. The maximum absolute atomic E-state index is 12.0. The van der Waals surface area contributed by atoms with E-state index in [1.807, 2.05) is 12.1 Å². The lowest BCUT2D eigenvalue weighted by atomic mass is 9.97. The number of amides is 1. The third-order valence-electron chi connectivity index (χ3n) is 4.35. The van der Waals surface area contributed by atoms with Crippen molar-refractivity contribution in [2.24, 2.45) is 0 Å². The molecule has 1 aliphatic rings. The number of benzene rings is 1. The van der Waals surface area contributed by atoms with Crippen molar-refractivity contribution in [3.8, 4) is 21.8 Å². The molecule has 3 heterocycles. The lowest BCUT2D eigenvalue weighted by molar-refractivity contribution is -0.116. The molecular formula is C19H17N3OS. The van der Waals surface area contributed by atoms with Crippen LogP contribution >= 0.6 is 11.3 Å². The molecule has 3 aromatic rings. The smallest absolute Gasteiger partial charge is 0.224 e. The van der Waals surface area contributed by atoms with Crippen molar-refractivity contribution in [2.45, 2.75) is 26.2 Å². The van der Waals surface area contributed by atoms with Crippen molar-refractivity contribution >= 4 is 22.9 Å². The van der Waals surface area contributed by atoms with Gasteiger partial charge in [-0.2, -0.15) is 0 Å². The number of carbonyl (C=O) groups excluding carboxylic acids is 1. The number of fused-ring (bicyclic) bond motifs is 1. The fourth-order valence-corrected chi connectivity index (χ4v) is 3.91. The first-order valence-electron chi connectivity index (χ1n) is 8.01. The summed E-state index contributed by atoms with van der Waals surface area (Å²) in [5.41, 5.74) is 6.36. The highest BCUT2D eigenvalue weighted by Crippen LogP contribution is 2.37. The highest BCUT2D eigenvalue weighted by molar-refractivity contribution is 7.13. The van der Waals surface area contributed by atoms with E-state index in [2.05, 4.69) is 34.7 Å². The summed E-state index contributed by atoms with van der Waals surface area (Å²) in [6, 6.07) is 8.10. The molecule has 1 N–H and O–H groups in total. The highest BCUT2D eigenvalue weighted by atomic mass is 32.1. The number of hydrogen-bond acceptors (Lipinski definition) is 4. The summed E-state index contributed by atoms with van der Waals surface area (Å²) >= 11 is 1.61. The summed E-state index contributed by atoms with van der Waals surface area (Å²) in [6.45, 7) is 2.10. The molecule has 0 atom stereocenters. The van der Waals surface area contributed by atoms with Crippen LogP contribution in [0.4, 0.5) is 5.69 Å². The molecule has 1 amide bonds. The molecule has 0 spiro atoms. The molecule has 4 rings (SSSR count). The third-order valence-corrected chi connectivity index (χ3v) is 5.24. The number of carbonyl (C=O) groups is 1. The quantitative estimate of drug-likeness (QED) is 0.752. The second kappa shape index (κ2) is 6.17. The van der Waals surface area contributed by atoms with Crippen molar-refractivity contribution in [1.29, 1.82) is 0 Å². The van der Waals surface area contributed by atoms with Gasteiger partial charge in [0.05, 0.1) is 11.4 Å². The van der Waals surface area contributed by atoms with E-state index in [1.54, 1.807) is 23.7 Å². The standard InChI is InChI=1S/C19H17N3OS/c1-12-5-6-15(18-14(12)3-2-4-17(23)22-18)16-11-24-19(21-16)13-7-9-20-10-8-13/h5-11H,2-4H2,1H3,(H,22,23). The van der Waals surface area contributed by atoms with Crippen LogP contribution in [0.5, 0.6) is 0 Å². The minimum absolute atomic E-state index is 0.0881. The molecule has 2 aromatic heterocycles. The normalized spacial score (nSPS) is 14.0.